The number of nitrogens with one attached hydrogen (secondary N) is 2. The fourth-order valence-electron chi connectivity index (χ4n) is 4.20. The summed E-state index contributed by atoms with van der Waals surface area (Å²) in [6.45, 7) is 10.2. The predicted molar refractivity (Wildman–Crippen MR) is 160 cm³/mol. The van der Waals surface area contributed by atoms with E-state index in [2.05, 4.69) is 37.1 Å². The molecule has 0 saturated carbocycles. The molecule has 2 unspecified atom stereocenters. The molecule has 0 aliphatic heterocycles. The van der Waals surface area contributed by atoms with Crippen LogP contribution in [0.25, 0.3) is 0 Å². The fourth-order valence-corrected chi connectivity index (χ4v) is 4.45. The summed E-state index contributed by atoms with van der Waals surface area (Å²) in [5, 5.41) is 5.69. The third-order valence-corrected chi connectivity index (χ3v) is 6.65. The number of hydrogen-bond donors (Lipinski definition) is 3. The molecule has 0 aliphatic carbocycles. The summed E-state index contributed by atoms with van der Waals surface area (Å²) in [7, 11) is 0. The Hall–Kier alpha value is -3.00. The molecule has 2 N–H and O–H groups in total. The Morgan fingerprint density at radius 1 is 0.923 bits per heavy atom. The van der Waals surface area contributed by atoms with Crippen LogP contribution in [0, 0.1) is 0 Å². The van der Waals surface area contributed by atoms with Crippen molar-refractivity contribution in [3.05, 3.63) is 71.3 Å². The van der Waals surface area contributed by atoms with E-state index in [4.69, 9.17) is 4.74 Å². The Morgan fingerprint density at radius 3 is 2.15 bits per heavy atom. The van der Waals surface area contributed by atoms with Gasteiger partial charge in [0.15, 0.2) is 0 Å². The molecule has 2 aromatic rings. The number of carbonyl (C=O) groups is 3. The lowest BCUT2D eigenvalue weighted by atomic mass is 10.00. The molecule has 2 rings (SSSR count). The Bertz CT molecular complexity index is 1040. The zero-order valence-electron chi connectivity index (χ0n) is 24.0. The molecular weight excluding hydrogens is 510 g/mol. The zero-order chi connectivity index (χ0) is 28.8. The van der Waals surface area contributed by atoms with Gasteiger partial charge < -0.3 is 20.3 Å². The minimum Gasteiger partial charge on any atom is -0.444 e. The van der Waals surface area contributed by atoms with Crippen LogP contribution in [-0.4, -0.2) is 46.7 Å². The van der Waals surface area contributed by atoms with Gasteiger partial charge in [-0.15, -0.1) is 0 Å². The molecule has 0 radical (unpaired) electrons. The van der Waals surface area contributed by atoms with Crippen LogP contribution in [0.4, 0.5) is 4.79 Å². The third-order valence-electron chi connectivity index (χ3n) is 6.28. The minimum atomic E-state index is -0.950. The molecule has 2 aromatic carbocycles. The highest BCUT2D eigenvalue weighted by Crippen LogP contribution is 2.25. The monoisotopic (exact) mass is 555 g/mol. The van der Waals surface area contributed by atoms with Gasteiger partial charge in [-0.25, -0.2) is 4.79 Å². The summed E-state index contributed by atoms with van der Waals surface area (Å²) in [6, 6.07) is 15.6. The van der Waals surface area contributed by atoms with E-state index in [1.807, 2.05) is 54.6 Å². The number of benzene rings is 2. The molecule has 7 nitrogen and oxygen atoms in total. The molecule has 0 aromatic heterocycles. The Labute approximate surface area is 239 Å². The van der Waals surface area contributed by atoms with Crippen LogP contribution in [0.1, 0.15) is 83.0 Å². The number of hydrogen-bond acceptors (Lipinski definition) is 5. The van der Waals surface area contributed by atoms with Gasteiger partial charge in [-0.1, -0.05) is 87.7 Å². The topological polar surface area (TPSA) is 87.7 Å². The number of alkyl carbamates (subject to hydrolysis) is 1. The van der Waals surface area contributed by atoms with Crippen LogP contribution >= 0.6 is 12.6 Å². The second kappa shape index (κ2) is 16.2. The second-order valence-electron chi connectivity index (χ2n) is 10.7. The van der Waals surface area contributed by atoms with Gasteiger partial charge in [-0.3, -0.25) is 9.59 Å². The quantitative estimate of drug-likeness (QED) is 0.202. The second-order valence-corrected chi connectivity index (χ2v) is 11.0. The van der Waals surface area contributed by atoms with Crippen molar-refractivity contribution in [3.8, 4) is 0 Å². The lowest BCUT2D eigenvalue weighted by Crippen LogP contribution is -2.54. The van der Waals surface area contributed by atoms with Gasteiger partial charge in [0.25, 0.3) is 0 Å². The molecule has 0 spiro atoms. The summed E-state index contributed by atoms with van der Waals surface area (Å²) in [4.78, 5) is 41.9. The smallest absolute Gasteiger partial charge is 0.408 e. The third kappa shape index (κ3) is 10.9. The first-order chi connectivity index (χ1) is 18.6. The zero-order valence-corrected chi connectivity index (χ0v) is 24.9. The van der Waals surface area contributed by atoms with Gasteiger partial charge in [-0.2, -0.15) is 12.6 Å². The van der Waals surface area contributed by atoms with Crippen LogP contribution < -0.4 is 10.6 Å². The maximum absolute atomic E-state index is 14.0. The van der Waals surface area contributed by atoms with Gasteiger partial charge in [0, 0.05) is 18.8 Å². The average molecular weight is 556 g/mol. The van der Waals surface area contributed by atoms with E-state index in [9.17, 15) is 14.4 Å². The van der Waals surface area contributed by atoms with Crippen molar-refractivity contribution >= 4 is 30.5 Å². The van der Waals surface area contributed by atoms with Crippen molar-refractivity contribution in [2.45, 2.75) is 91.0 Å². The highest BCUT2D eigenvalue weighted by Gasteiger charge is 2.35. The molecule has 0 fully saturated rings. The van der Waals surface area contributed by atoms with Crippen LogP contribution in [-0.2, 0) is 27.3 Å². The van der Waals surface area contributed by atoms with Crippen molar-refractivity contribution in [2.24, 2.45) is 0 Å². The fraction of sp³-hybridized carbons (Fsp3) is 0.516. The molecule has 8 heteroatoms. The number of rotatable bonds is 14. The molecule has 0 aliphatic rings. The number of thiol groups is 1. The number of ether oxygens (including phenoxy) is 1. The van der Waals surface area contributed by atoms with Gasteiger partial charge in [0.1, 0.15) is 17.7 Å². The van der Waals surface area contributed by atoms with Crippen LogP contribution in [0.15, 0.2) is 54.6 Å². The number of unbranched alkanes of at least 4 members (excludes halogenated alkanes) is 3. The van der Waals surface area contributed by atoms with E-state index < -0.39 is 23.8 Å². The highest BCUT2D eigenvalue weighted by atomic mass is 32.1. The van der Waals surface area contributed by atoms with Crippen LogP contribution in [0.2, 0.25) is 0 Å². The summed E-state index contributed by atoms with van der Waals surface area (Å²) in [6.07, 6.45) is 3.92. The number of nitrogens with zero attached hydrogens (tertiary/aromatic N) is 1. The molecule has 0 heterocycles. The Balaban J connectivity index is 2.41. The largest absolute Gasteiger partial charge is 0.444 e. The molecule has 214 valence electrons. The first-order valence-electron chi connectivity index (χ1n) is 13.9. The molecule has 2 atom stereocenters. The molecule has 39 heavy (non-hydrogen) atoms. The van der Waals surface area contributed by atoms with E-state index in [0.717, 1.165) is 48.8 Å². The highest BCUT2D eigenvalue weighted by molar-refractivity contribution is 7.80. The maximum atomic E-state index is 14.0. The minimum absolute atomic E-state index is 0.0661. The van der Waals surface area contributed by atoms with Gasteiger partial charge in [0.05, 0.1) is 0 Å². The van der Waals surface area contributed by atoms with Crippen molar-refractivity contribution in [3.63, 3.8) is 0 Å². The van der Waals surface area contributed by atoms with Crippen molar-refractivity contribution < 1.29 is 19.1 Å². The SMILES string of the molecule is CCCCCCN(C(=O)C(CS)NC(=O)OC(C)(C)C)C(C(=O)NCc1ccccc1)c1ccc(CC)cc1. The van der Waals surface area contributed by atoms with Crippen molar-refractivity contribution in [1.29, 1.82) is 0 Å². The van der Waals surface area contributed by atoms with E-state index in [0.29, 0.717) is 13.1 Å². The van der Waals surface area contributed by atoms with Gasteiger partial charge in [0.2, 0.25) is 11.8 Å². The number of amides is 3. The van der Waals surface area contributed by atoms with E-state index >= 15 is 0 Å². The molecule has 0 saturated heterocycles. The molecule has 3 amide bonds. The summed E-state index contributed by atoms with van der Waals surface area (Å²) in [5.74, 6) is -0.578. The molecule has 0 bridgehead atoms. The maximum Gasteiger partial charge on any atom is 0.408 e. The van der Waals surface area contributed by atoms with Gasteiger partial charge >= 0.3 is 6.09 Å². The average Bonchev–Trinajstić information content (AvgIpc) is 2.91. The predicted octanol–water partition coefficient (Wildman–Crippen LogP) is 5.84. The van der Waals surface area contributed by atoms with E-state index in [-0.39, 0.29) is 17.6 Å². The first-order valence-corrected chi connectivity index (χ1v) is 14.5. The Kier molecular flexibility index (Phi) is 13.4. The van der Waals surface area contributed by atoms with E-state index in [1.54, 1.807) is 25.7 Å². The van der Waals surface area contributed by atoms with Crippen LogP contribution in [0.3, 0.4) is 0 Å². The summed E-state index contributed by atoms with van der Waals surface area (Å²) >= 11 is 4.36. The number of aryl methyl sites for hydroxylation is 1. The summed E-state index contributed by atoms with van der Waals surface area (Å²) < 4.78 is 5.38. The van der Waals surface area contributed by atoms with Crippen molar-refractivity contribution in [2.75, 3.05) is 12.3 Å². The van der Waals surface area contributed by atoms with E-state index in [1.165, 1.54) is 0 Å². The normalized spacial score (nSPS) is 12.8. The van der Waals surface area contributed by atoms with Crippen molar-refractivity contribution in [1.82, 2.24) is 15.5 Å². The standard InChI is InChI=1S/C31H45N3O4S/c1-6-8-9-13-20-34(29(36)26(22-39)33-30(37)38-31(3,4)5)27(25-18-16-23(7-2)17-19-25)28(35)32-21-24-14-11-10-12-15-24/h10-12,14-19,26-27,39H,6-9,13,20-22H2,1-5H3,(H,32,35)(H,33,37). The number of carbonyl (C=O) groups excluding carboxylic acids is 3. The first kappa shape index (κ1) is 32.2. The Morgan fingerprint density at radius 2 is 1.59 bits per heavy atom. The molecular formula is C31H45N3O4S. The lowest BCUT2D eigenvalue weighted by molar-refractivity contribution is -0.142. The van der Waals surface area contributed by atoms with Gasteiger partial charge in [-0.05, 0) is 50.3 Å². The summed E-state index contributed by atoms with van der Waals surface area (Å²) in [5.41, 5.74) is 2.11. The van der Waals surface area contributed by atoms with Crippen LogP contribution in [0.5, 0.6) is 0 Å². The lowest BCUT2D eigenvalue weighted by Gasteiger charge is -2.34.